The molecular weight excluding hydrogens is 236 g/mol. The summed E-state index contributed by atoms with van der Waals surface area (Å²) in [7, 11) is 0. The summed E-state index contributed by atoms with van der Waals surface area (Å²) < 4.78 is 0. The maximum absolute atomic E-state index is 11.5. The van der Waals surface area contributed by atoms with E-state index in [-0.39, 0.29) is 31.2 Å². The molecule has 6 nitrogen and oxygen atoms in total. The van der Waals surface area contributed by atoms with Crippen LogP contribution < -0.4 is 10.6 Å². The smallest absolute Gasteiger partial charge is 0.305 e. The minimum Gasteiger partial charge on any atom is -0.481 e. The van der Waals surface area contributed by atoms with Crippen molar-refractivity contribution in [2.24, 2.45) is 5.41 Å². The third kappa shape index (κ3) is 8.55. The Morgan fingerprint density at radius 1 is 1.00 bits per heavy atom. The fourth-order valence-electron chi connectivity index (χ4n) is 1.11. The molecule has 0 rings (SSSR count). The Labute approximate surface area is 107 Å². The van der Waals surface area contributed by atoms with Gasteiger partial charge in [0.2, 0.25) is 11.8 Å². The van der Waals surface area contributed by atoms with E-state index in [4.69, 9.17) is 5.11 Å². The highest BCUT2D eigenvalue weighted by Gasteiger charge is 2.20. The molecule has 0 bridgehead atoms. The van der Waals surface area contributed by atoms with Gasteiger partial charge in [0.05, 0.1) is 6.42 Å². The summed E-state index contributed by atoms with van der Waals surface area (Å²) in [5.74, 6) is -1.18. The summed E-state index contributed by atoms with van der Waals surface area (Å²) >= 11 is 0. The van der Waals surface area contributed by atoms with Gasteiger partial charge in [-0.3, -0.25) is 14.4 Å². The Bertz CT molecular complexity index is 308. The van der Waals surface area contributed by atoms with Crippen molar-refractivity contribution >= 4 is 17.8 Å². The summed E-state index contributed by atoms with van der Waals surface area (Å²) in [6.07, 6.45) is 0.747. The molecule has 0 saturated carbocycles. The predicted molar refractivity (Wildman–Crippen MR) is 67.0 cm³/mol. The Balaban J connectivity index is 3.58. The molecular formula is C12H22N2O4. The van der Waals surface area contributed by atoms with Crippen molar-refractivity contribution in [2.45, 2.75) is 40.0 Å². The van der Waals surface area contributed by atoms with E-state index in [1.165, 1.54) is 0 Å². The number of rotatable bonds is 7. The standard InChI is InChI=1S/C12H22N2O4/c1-12(2,3)11(18)14-7-4-5-9(15)13-8-6-10(16)17/h4-8H2,1-3H3,(H,13,15)(H,14,18)(H,16,17). The fraction of sp³-hybridized carbons (Fsp3) is 0.750. The maximum Gasteiger partial charge on any atom is 0.305 e. The SMILES string of the molecule is CC(C)(C)C(=O)NCCCC(=O)NCCC(=O)O. The lowest BCUT2D eigenvalue weighted by Crippen LogP contribution is -2.35. The monoisotopic (exact) mass is 258 g/mol. The van der Waals surface area contributed by atoms with E-state index >= 15 is 0 Å². The molecule has 0 aromatic heterocycles. The average Bonchev–Trinajstić information content (AvgIpc) is 2.22. The van der Waals surface area contributed by atoms with Gasteiger partial charge >= 0.3 is 5.97 Å². The minimum absolute atomic E-state index is 0.0474. The lowest BCUT2D eigenvalue weighted by atomic mass is 9.96. The number of amides is 2. The average molecular weight is 258 g/mol. The molecule has 0 fully saturated rings. The number of hydrogen-bond acceptors (Lipinski definition) is 3. The lowest BCUT2D eigenvalue weighted by molar-refractivity contribution is -0.137. The highest BCUT2D eigenvalue weighted by molar-refractivity contribution is 5.81. The summed E-state index contributed by atoms with van der Waals surface area (Å²) in [6.45, 7) is 6.05. The van der Waals surface area contributed by atoms with Crippen LogP contribution in [0.2, 0.25) is 0 Å². The van der Waals surface area contributed by atoms with E-state index < -0.39 is 11.4 Å². The van der Waals surface area contributed by atoms with Crippen LogP contribution in [0.25, 0.3) is 0 Å². The number of aliphatic carboxylic acids is 1. The molecule has 0 radical (unpaired) electrons. The molecule has 0 aromatic rings. The number of carbonyl (C=O) groups is 3. The molecule has 0 heterocycles. The van der Waals surface area contributed by atoms with E-state index in [0.29, 0.717) is 13.0 Å². The highest BCUT2D eigenvalue weighted by atomic mass is 16.4. The second-order valence-corrected chi connectivity index (χ2v) is 5.10. The Kier molecular flexibility index (Phi) is 7.00. The third-order valence-corrected chi connectivity index (χ3v) is 2.21. The first-order chi connectivity index (χ1) is 8.23. The zero-order valence-electron chi connectivity index (χ0n) is 11.2. The van der Waals surface area contributed by atoms with Crippen LogP contribution in [0.4, 0.5) is 0 Å². The molecule has 0 saturated heterocycles. The van der Waals surface area contributed by atoms with Crippen LogP contribution in [0.15, 0.2) is 0 Å². The number of carbonyl (C=O) groups excluding carboxylic acids is 2. The van der Waals surface area contributed by atoms with E-state index in [1.807, 2.05) is 20.8 Å². The summed E-state index contributed by atoms with van der Waals surface area (Å²) in [6, 6.07) is 0. The molecule has 18 heavy (non-hydrogen) atoms. The van der Waals surface area contributed by atoms with Crippen LogP contribution in [0, 0.1) is 5.41 Å². The van der Waals surface area contributed by atoms with Crippen molar-refractivity contribution in [1.29, 1.82) is 0 Å². The first-order valence-electron chi connectivity index (χ1n) is 6.00. The van der Waals surface area contributed by atoms with Gasteiger partial charge in [-0.15, -0.1) is 0 Å². The molecule has 0 aromatic carbocycles. The molecule has 0 aliphatic rings. The molecule has 0 atom stereocenters. The molecule has 3 N–H and O–H groups in total. The maximum atomic E-state index is 11.5. The molecule has 6 heteroatoms. The van der Waals surface area contributed by atoms with Crippen molar-refractivity contribution in [3.63, 3.8) is 0 Å². The molecule has 2 amide bonds. The van der Waals surface area contributed by atoms with E-state index in [1.54, 1.807) is 0 Å². The molecule has 104 valence electrons. The molecule has 0 aliphatic carbocycles. The zero-order chi connectivity index (χ0) is 14.2. The van der Waals surface area contributed by atoms with Crippen LogP contribution in [-0.4, -0.2) is 36.0 Å². The fourth-order valence-corrected chi connectivity index (χ4v) is 1.11. The zero-order valence-corrected chi connectivity index (χ0v) is 11.2. The van der Waals surface area contributed by atoms with Gasteiger partial charge in [0, 0.05) is 24.9 Å². The van der Waals surface area contributed by atoms with Crippen LogP contribution in [0.5, 0.6) is 0 Å². The van der Waals surface area contributed by atoms with Crippen molar-refractivity contribution in [1.82, 2.24) is 10.6 Å². The van der Waals surface area contributed by atoms with Gasteiger partial charge in [0.15, 0.2) is 0 Å². The topological polar surface area (TPSA) is 95.5 Å². The largest absolute Gasteiger partial charge is 0.481 e. The van der Waals surface area contributed by atoms with Crippen LogP contribution in [0.3, 0.4) is 0 Å². The Morgan fingerprint density at radius 2 is 1.61 bits per heavy atom. The van der Waals surface area contributed by atoms with E-state index in [0.717, 1.165) is 0 Å². The number of carboxylic acid groups (broad SMARTS) is 1. The van der Waals surface area contributed by atoms with Gasteiger partial charge in [0.1, 0.15) is 0 Å². The first-order valence-corrected chi connectivity index (χ1v) is 6.00. The Hall–Kier alpha value is -1.59. The molecule has 0 spiro atoms. The van der Waals surface area contributed by atoms with Gasteiger partial charge in [0.25, 0.3) is 0 Å². The van der Waals surface area contributed by atoms with Crippen LogP contribution in [-0.2, 0) is 14.4 Å². The van der Waals surface area contributed by atoms with Gasteiger partial charge in [-0.05, 0) is 6.42 Å². The number of hydrogen-bond donors (Lipinski definition) is 3. The van der Waals surface area contributed by atoms with Crippen molar-refractivity contribution < 1.29 is 19.5 Å². The second-order valence-electron chi connectivity index (χ2n) is 5.10. The van der Waals surface area contributed by atoms with Crippen molar-refractivity contribution in [2.75, 3.05) is 13.1 Å². The summed E-state index contributed by atoms with van der Waals surface area (Å²) in [4.78, 5) is 32.9. The Morgan fingerprint density at radius 3 is 2.11 bits per heavy atom. The second kappa shape index (κ2) is 7.68. The van der Waals surface area contributed by atoms with Crippen LogP contribution in [0.1, 0.15) is 40.0 Å². The number of nitrogens with one attached hydrogen (secondary N) is 2. The quantitative estimate of drug-likeness (QED) is 0.580. The molecule has 0 aliphatic heterocycles. The van der Waals surface area contributed by atoms with Gasteiger partial charge in [-0.2, -0.15) is 0 Å². The minimum atomic E-state index is -0.937. The van der Waals surface area contributed by atoms with Gasteiger partial charge in [-0.25, -0.2) is 0 Å². The van der Waals surface area contributed by atoms with E-state index in [9.17, 15) is 14.4 Å². The summed E-state index contributed by atoms with van der Waals surface area (Å²) in [5.41, 5.74) is -0.427. The highest BCUT2D eigenvalue weighted by Crippen LogP contribution is 2.12. The summed E-state index contributed by atoms with van der Waals surface area (Å²) in [5, 5.41) is 13.6. The van der Waals surface area contributed by atoms with Gasteiger partial charge in [-0.1, -0.05) is 20.8 Å². The third-order valence-electron chi connectivity index (χ3n) is 2.21. The number of carboxylic acids is 1. The molecule has 0 unspecified atom stereocenters. The van der Waals surface area contributed by atoms with Gasteiger partial charge < -0.3 is 15.7 Å². The van der Waals surface area contributed by atoms with Crippen LogP contribution >= 0.6 is 0 Å². The predicted octanol–water partition coefficient (Wildman–Crippen LogP) is 0.520. The van der Waals surface area contributed by atoms with E-state index in [2.05, 4.69) is 10.6 Å². The van der Waals surface area contributed by atoms with Crippen molar-refractivity contribution in [3.8, 4) is 0 Å². The normalized spacial score (nSPS) is 10.8. The first kappa shape index (κ1) is 16.4. The van der Waals surface area contributed by atoms with Crippen molar-refractivity contribution in [3.05, 3.63) is 0 Å². The lowest BCUT2D eigenvalue weighted by Gasteiger charge is -2.17.